The van der Waals surface area contributed by atoms with Gasteiger partial charge in [0.25, 0.3) is 0 Å². The molecular formula is C11H16N2O4. The Morgan fingerprint density at radius 2 is 1.94 bits per heavy atom. The zero-order valence-corrected chi connectivity index (χ0v) is 9.67. The van der Waals surface area contributed by atoms with Gasteiger partial charge < -0.3 is 19.8 Å². The van der Waals surface area contributed by atoms with Crippen LogP contribution in [0.2, 0.25) is 0 Å². The Balaban J connectivity index is 3.12. The summed E-state index contributed by atoms with van der Waals surface area (Å²) in [7, 11) is 1.45. The summed E-state index contributed by atoms with van der Waals surface area (Å²) in [4.78, 5) is 12.5. The molecule has 17 heavy (non-hydrogen) atoms. The van der Waals surface area contributed by atoms with Crippen molar-refractivity contribution in [2.75, 3.05) is 38.3 Å². The molecule has 2 N–H and O–H groups in total. The average Bonchev–Trinajstić information content (AvgIpc) is 2.37. The molecule has 1 aromatic rings. The van der Waals surface area contributed by atoms with Crippen LogP contribution in [-0.4, -0.2) is 43.6 Å². The summed E-state index contributed by atoms with van der Waals surface area (Å²) >= 11 is 0. The standard InChI is InChI=1S/C11H16N2O4/c1-17-10-4-2-3-9(11(10)12-16)13(5-7-14)6-8-15/h2-4,14-15H,5-8H2,1H3. The van der Waals surface area contributed by atoms with Crippen LogP contribution in [0.15, 0.2) is 23.4 Å². The fourth-order valence-electron chi connectivity index (χ4n) is 1.62. The van der Waals surface area contributed by atoms with Crippen molar-refractivity contribution in [2.45, 2.75) is 0 Å². The molecule has 0 spiro atoms. The normalized spacial score (nSPS) is 10.1. The van der Waals surface area contributed by atoms with Crippen molar-refractivity contribution in [1.82, 2.24) is 0 Å². The lowest BCUT2D eigenvalue weighted by Gasteiger charge is -2.24. The van der Waals surface area contributed by atoms with E-state index in [1.807, 2.05) is 0 Å². The third kappa shape index (κ3) is 3.15. The van der Waals surface area contributed by atoms with Crippen molar-refractivity contribution in [3.63, 3.8) is 0 Å². The average molecular weight is 240 g/mol. The van der Waals surface area contributed by atoms with E-state index in [9.17, 15) is 4.91 Å². The Kier molecular flexibility index (Phi) is 5.38. The monoisotopic (exact) mass is 240 g/mol. The van der Waals surface area contributed by atoms with E-state index in [1.54, 1.807) is 23.1 Å². The highest BCUT2D eigenvalue weighted by molar-refractivity contribution is 5.73. The molecule has 0 saturated heterocycles. The minimum Gasteiger partial charge on any atom is -0.494 e. The van der Waals surface area contributed by atoms with Crippen molar-refractivity contribution in [2.24, 2.45) is 5.18 Å². The number of benzene rings is 1. The second-order valence-corrected chi connectivity index (χ2v) is 3.35. The highest BCUT2D eigenvalue weighted by Gasteiger charge is 2.15. The van der Waals surface area contributed by atoms with Gasteiger partial charge in [0.15, 0.2) is 5.69 Å². The molecule has 94 valence electrons. The number of aliphatic hydroxyl groups excluding tert-OH is 2. The lowest BCUT2D eigenvalue weighted by Crippen LogP contribution is -2.29. The van der Waals surface area contributed by atoms with Gasteiger partial charge in [0.2, 0.25) is 0 Å². The van der Waals surface area contributed by atoms with Crippen LogP contribution in [0.25, 0.3) is 0 Å². The number of hydrogen-bond acceptors (Lipinski definition) is 6. The van der Waals surface area contributed by atoms with Crippen LogP contribution in [0.1, 0.15) is 0 Å². The molecule has 0 saturated carbocycles. The molecule has 0 heterocycles. The van der Waals surface area contributed by atoms with Crippen LogP contribution >= 0.6 is 0 Å². The summed E-state index contributed by atoms with van der Waals surface area (Å²) in [6.07, 6.45) is 0. The van der Waals surface area contributed by atoms with Gasteiger partial charge in [0.05, 0.1) is 26.0 Å². The highest BCUT2D eigenvalue weighted by atomic mass is 16.5. The molecule has 0 aliphatic carbocycles. The van der Waals surface area contributed by atoms with Crippen molar-refractivity contribution in [3.05, 3.63) is 23.1 Å². The Bertz CT molecular complexity index is 364. The highest BCUT2D eigenvalue weighted by Crippen LogP contribution is 2.37. The smallest absolute Gasteiger partial charge is 0.173 e. The zero-order chi connectivity index (χ0) is 12.7. The molecular weight excluding hydrogens is 224 g/mol. The predicted molar refractivity (Wildman–Crippen MR) is 64.8 cm³/mol. The second kappa shape index (κ2) is 6.82. The Morgan fingerprint density at radius 3 is 2.41 bits per heavy atom. The van der Waals surface area contributed by atoms with Crippen LogP contribution in [0, 0.1) is 4.91 Å². The molecule has 0 bridgehead atoms. The molecule has 1 rings (SSSR count). The van der Waals surface area contributed by atoms with E-state index in [1.165, 1.54) is 7.11 Å². The van der Waals surface area contributed by atoms with E-state index in [-0.39, 0.29) is 18.9 Å². The molecule has 0 fully saturated rings. The van der Waals surface area contributed by atoms with Crippen LogP contribution in [0.5, 0.6) is 5.75 Å². The summed E-state index contributed by atoms with van der Waals surface area (Å²) in [6, 6.07) is 5.06. The van der Waals surface area contributed by atoms with Crippen molar-refractivity contribution in [3.8, 4) is 5.75 Å². The van der Waals surface area contributed by atoms with E-state index in [2.05, 4.69) is 5.18 Å². The van der Waals surface area contributed by atoms with Crippen molar-refractivity contribution >= 4 is 11.4 Å². The number of nitroso groups, excluding NO2 is 1. The van der Waals surface area contributed by atoms with Gasteiger partial charge in [0.1, 0.15) is 5.75 Å². The molecule has 6 nitrogen and oxygen atoms in total. The quantitative estimate of drug-likeness (QED) is 0.691. The maximum absolute atomic E-state index is 10.8. The van der Waals surface area contributed by atoms with Crippen LogP contribution < -0.4 is 9.64 Å². The van der Waals surface area contributed by atoms with E-state index >= 15 is 0 Å². The van der Waals surface area contributed by atoms with E-state index < -0.39 is 0 Å². The molecule has 0 aliphatic rings. The second-order valence-electron chi connectivity index (χ2n) is 3.35. The molecule has 0 unspecified atom stereocenters. The number of rotatable bonds is 7. The summed E-state index contributed by atoms with van der Waals surface area (Å²) < 4.78 is 5.04. The summed E-state index contributed by atoms with van der Waals surface area (Å²) in [5.74, 6) is 0.373. The van der Waals surface area contributed by atoms with E-state index in [0.717, 1.165) is 0 Å². The summed E-state index contributed by atoms with van der Waals surface area (Å²) in [5.41, 5.74) is 0.722. The Hall–Kier alpha value is -1.66. The van der Waals surface area contributed by atoms with Crippen LogP contribution in [-0.2, 0) is 0 Å². The molecule has 1 aromatic carbocycles. The van der Waals surface area contributed by atoms with E-state index in [4.69, 9.17) is 14.9 Å². The third-order valence-electron chi connectivity index (χ3n) is 2.37. The van der Waals surface area contributed by atoms with Gasteiger partial charge in [-0.15, -0.1) is 4.91 Å². The maximum atomic E-state index is 10.8. The first kappa shape index (κ1) is 13.4. The SMILES string of the molecule is COc1cccc(N(CCO)CCO)c1N=O. The maximum Gasteiger partial charge on any atom is 0.173 e. The Morgan fingerprint density at radius 1 is 1.29 bits per heavy atom. The number of aliphatic hydroxyl groups is 2. The first-order valence-electron chi connectivity index (χ1n) is 5.25. The minimum atomic E-state index is -0.0739. The first-order chi connectivity index (χ1) is 8.28. The molecule has 0 atom stereocenters. The summed E-state index contributed by atoms with van der Waals surface area (Å²) in [5, 5.41) is 20.8. The number of anilines is 1. The topological polar surface area (TPSA) is 82.4 Å². The number of methoxy groups -OCH3 is 1. The molecule has 0 amide bonds. The molecule has 6 heteroatoms. The number of ether oxygens (including phenoxy) is 1. The fraction of sp³-hybridized carbons (Fsp3) is 0.455. The van der Waals surface area contributed by atoms with Gasteiger partial charge in [-0.2, -0.15) is 0 Å². The van der Waals surface area contributed by atoms with Crippen molar-refractivity contribution in [1.29, 1.82) is 0 Å². The van der Waals surface area contributed by atoms with Crippen molar-refractivity contribution < 1.29 is 14.9 Å². The lowest BCUT2D eigenvalue weighted by molar-refractivity contribution is 0.281. The number of hydrogen-bond donors (Lipinski definition) is 2. The lowest BCUT2D eigenvalue weighted by atomic mass is 10.2. The van der Waals surface area contributed by atoms with Gasteiger partial charge in [-0.05, 0) is 17.3 Å². The van der Waals surface area contributed by atoms with Crippen LogP contribution in [0.3, 0.4) is 0 Å². The first-order valence-corrected chi connectivity index (χ1v) is 5.25. The van der Waals surface area contributed by atoms with Gasteiger partial charge in [-0.1, -0.05) is 6.07 Å². The predicted octanol–water partition coefficient (Wildman–Crippen LogP) is 0.884. The zero-order valence-electron chi connectivity index (χ0n) is 9.67. The van der Waals surface area contributed by atoms with Gasteiger partial charge >= 0.3 is 0 Å². The Labute approximate surface area is 99.4 Å². The fourth-order valence-corrected chi connectivity index (χ4v) is 1.62. The number of nitrogens with zero attached hydrogens (tertiary/aromatic N) is 2. The molecule has 0 aromatic heterocycles. The molecule has 0 aliphatic heterocycles. The minimum absolute atomic E-state index is 0.0739. The summed E-state index contributed by atoms with van der Waals surface area (Å²) in [6.45, 7) is 0.484. The van der Waals surface area contributed by atoms with Gasteiger partial charge in [-0.3, -0.25) is 0 Å². The largest absolute Gasteiger partial charge is 0.494 e. The third-order valence-corrected chi connectivity index (χ3v) is 2.37. The molecule has 0 radical (unpaired) electrons. The van der Waals surface area contributed by atoms with Gasteiger partial charge in [-0.25, -0.2) is 0 Å². The van der Waals surface area contributed by atoms with Gasteiger partial charge in [0, 0.05) is 13.1 Å². The van der Waals surface area contributed by atoms with Crippen LogP contribution in [0.4, 0.5) is 11.4 Å². The van der Waals surface area contributed by atoms with E-state index in [0.29, 0.717) is 24.5 Å².